The normalized spacial score (nSPS) is 15.3. The predicted octanol–water partition coefficient (Wildman–Crippen LogP) is 3.14. The molecule has 150 valence electrons. The summed E-state index contributed by atoms with van der Waals surface area (Å²) >= 11 is 0. The second-order valence-electron chi connectivity index (χ2n) is 6.00. The molecule has 3 rings (SSSR count). The highest BCUT2D eigenvalue weighted by Crippen LogP contribution is 2.56. The van der Waals surface area contributed by atoms with E-state index in [1.54, 1.807) is 25.3 Å². The lowest BCUT2D eigenvalue weighted by molar-refractivity contribution is 0.0833. The molecule has 0 unspecified atom stereocenters. The quantitative estimate of drug-likeness (QED) is 0.804. The molecule has 2 aromatic rings. The van der Waals surface area contributed by atoms with Gasteiger partial charge in [0.2, 0.25) is 17.2 Å². The maximum atomic E-state index is 12.9. The van der Waals surface area contributed by atoms with E-state index < -0.39 is 6.10 Å². The standard InChI is InChI=1S/C20H22O8/c1-23-12-7-6-10(8-14(12)24-2)13-9-11(21)15-17(28-13)16(22)19(26-4)20(27-5)18(15)25-3/h6-8,13,22H,9H2,1-5H3/t13-/m0/s1. The van der Waals surface area contributed by atoms with Crippen molar-refractivity contribution < 1.29 is 38.3 Å². The van der Waals surface area contributed by atoms with Crippen LogP contribution in [0.3, 0.4) is 0 Å². The molecule has 0 radical (unpaired) electrons. The van der Waals surface area contributed by atoms with Gasteiger partial charge in [0.15, 0.2) is 28.8 Å². The molecule has 1 aliphatic heterocycles. The van der Waals surface area contributed by atoms with Crippen molar-refractivity contribution in [2.75, 3.05) is 35.5 Å². The van der Waals surface area contributed by atoms with Crippen LogP contribution in [-0.4, -0.2) is 46.4 Å². The van der Waals surface area contributed by atoms with Crippen molar-refractivity contribution in [1.82, 2.24) is 0 Å². The maximum absolute atomic E-state index is 12.9. The van der Waals surface area contributed by atoms with E-state index >= 15 is 0 Å². The molecule has 0 fully saturated rings. The third-order valence-electron chi connectivity index (χ3n) is 4.60. The number of aromatic hydroxyl groups is 1. The Kier molecular flexibility index (Phi) is 5.39. The molecule has 0 aromatic heterocycles. The van der Waals surface area contributed by atoms with Crippen LogP contribution in [0.15, 0.2) is 18.2 Å². The van der Waals surface area contributed by atoms with Crippen LogP contribution in [0.2, 0.25) is 0 Å². The Morgan fingerprint density at radius 1 is 0.893 bits per heavy atom. The summed E-state index contributed by atoms with van der Waals surface area (Å²) in [7, 11) is 7.24. The number of ether oxygens (including phenoxy) is 6. The molecule has 8 nitrogen and oxygen atoms in total. The SMILES string of the molecule is COc1ccc([C@@H]2CC(=O)c3c(c(O)c(OC)c(OC)c3OC)O2)cc1OC. The molecule has 1 N–H and O–H groups in total. The van der Waals surface area contributed by atoms with E-state index in [2.05, 4.69) is 0 Å². The number of phenols is 1. The number of hydrogen-bond donors (Lipinski definition) is 1. The lowest BCUT2D eigenvalue weighted by Crippen LogP contribution is -2.22. The van der Waals surface area contributed by atoms with Gasteiger partial charge in [-0.1, -0.05) is 6.07 Å². The van der Waals surface area contributed by atoms with Gasteiger partial charge < -0.3 is 33.5 Å². The number of fused-ring (bicyclic) bond motifs is 1. The summed E-state index contributed by atoms with van der Waals surface area (Å²) in [4.78, 5) is 12.9. The van der Waals surface area contributed by atoms with E-state index in [-0.39, 0.29) is 46.5 Å². The lowest BCUT2D eigenvalue weighted by atomic mass is 9.94. The molecule has 0 bridgehead atoms. The third-order valence-corrected chi connectivity index (χ3v) is 4.60. The molecule has 1 heterocycles. The second-order valence-corrected chi connectivity index (χ2v) is 6.00. The number of ketones is 1. The predicted molar refractivity (Wildman–Crippen MR) is 99.6 cm³/mol. The number of Topliss-reactive ketones (excluding diaryl/α,β-unsaturated/α-hetero) is 1. The summed E-state index contributed by atoms with van der Waals surface area (Å²) in [6.07, 6.45) is -0.582. The molecule has 0 saturated carbocycles. The molecule has 0 amide bonds. The van der Waals surface area contributed by atoms with Crippen LogP contribution in [-0.2, 0) is 0 Å². The van der Waals surface area contributed by atoms with Gasteiger partial charge in [-0.25, -0.2) is 0 Å². The van der Waals surface area contributed by atoms with Crippen molar-refractivity contribution in [3.63, 3.8) is 0 Å². The van der Waals surface area contributed by atoms with Crippen LogP contribution in [0.25, 0.3) is 0 Å². The van der Waals surface area contributed by atoms with Gasteiger partial charge in [-0.2, -0.15) is 0 Å². The Morgan fingerprint density at radius 3 is 2.11 bits per heavy atom. The highest BCUT2D eigenvalue weighted by atomic mass is 16.5. The minimum Gasteiger partial charge on any atom is -0.502 e. The molecular weight excluding hydrogens is 368 g/mol. The first-order valence-corrected chi connectivity index (χ1v) is 8.47. The average Bonchev–Trinajstić information content (AvgIpc) is 2.72. The van der Waals surface area contributed by atoms with Crippen molar-refractivity contribution in [3.8, 4) is 40.2 Å². The summed E-state index contributed by atoms with van der Waals surface area (Å²) in [5.41, 5.74) is 0.819. The first-order chi connectivity index (χ1) is 13.5. The van der Waals surface area contributed by atoms with Gasteiger partial charge in [-0.3, -0.25) is 4.79 Å². The Hall–Kier alpha value is -3.29. The van der Waals surface area contributed by atoms with Gasteiger partial charge in [0.25, 0.3) is 0 Å². The zero-order valence-corrected chi connectivity index (χ0v) is 16.3. The topological polar surface area (TPSA) is 92.7 Å². The van der Waals surface area contributed by atoms with Crippen molar-refractivity contribution in [3.05, 3.63) is 29.3 Å². The van der Waals surface area contributed by atoms with E-state index in [0.29, 0.717) is 17.1 Å². The summed E-state index contributed by atoms with van der Waals surface area (Å²) in [6.45, 7) is 0. The lowest BCUT2D eigenvalue weighted by Gasteiger charge is -2.29. The van der Waals surface area contributed by atoms with E-state index in [4.69, 9.17) is 28.4 Å². The summed E-state index contributed by atoms with van der Waals surface area (Å²) in [5.74, 6) is 0.790. The average molecular weight is 390 g/mol. The molecule has 28 heavy (non-hydrogen) atoms. The van der Waals surface area contributed by atoms with Crippen LogP contribution in [0.5, 0.6) is 40.2 Å². The minimum absolute atomic E-state index is 0.00876. The third kappa shape index (κ3) is 3.00. The summed E-state index contributed by atoms with van der Waals surface area (Å²) in [5, 5.41) is 10.6. The number of phenolic OH excluding ortho intramolecular Hbond substituents is 1. The van der Waals surface area contributed by atoms with Crippen molar-refractivity contribution >= 4 is 5.78 Å². The highest BCUT2D eigenvalue weighted by Gasteiger charge is 2.38. The molecule has 8 heteroatoms. The molecule has 0 aliphatic carbocycles. The smallest absolute Gasteiger partial charge is 0.211 e. The second kappa shape index (κ2) is 7.75. The Balaban J connectivity index is 2.12. The van der Waals surface area contributed by atoms with Crippen molar-refractivity contribution in [1.29, 1.82) is 0 Å². The molecule has 0 saturated heterocycles. The monoisotopic (exact) mass is 390 g/mol. The zero-order valence-electron chi connectivity index (χ0n) is 16.3. The fourth-order valence-corrected chi connectivity index (χ4v) is 3.28. The van der Waals surface area contributed by atoms with Crippen LogP contribution in [0, 0.1) is 0 Å². The molecule has 2 aromatic carbocycles. The van der Waals surface area contributed by atoms with Crippen molar-refractivity contribution in [2.24, 2.45) is 0 Å². The number of benzene rings is 2. The molecular formula is C20H22O8. The Morgan fingerprint density at radius 2 is 1.54 bits per heavy atom. The van der Waals surface area contributed by atoms with Crippen LogP contribution < -0.4 is 28.4 Å². The van der Waals surface area contributed by atoms with E-state index in [1.165, 1.54) is 28.4 Å². The Bertz CT molecular complexity index is 906. The summed E-state index contributed by atoms with van der Waals surface area (Å²) in [6, 6.07) is 5.24. The van der Waals surface area contributed by atoms with Gasteiger partial charge >= 0.3 is 0 Å². The van der Waals surface area contributed by atoms with Crippen molar-refractivity contribution in [2.45, 2.75) is 12.5 Å². The Labute approximate surface area is 162 Å². The van der Waals surface area contributed by atoms with Crippen LogP contribution >= 0.6 is 0 Å². The minimum atomic E-state index is -0.631. The number of rotatable bonds is 6. The molecule has 1 atom stereocenters. The van der Waals surface area contributed by atoms with E-state index in [9.17, 15) is 9.90 Å². The number of methoxy groups -OCH3 is 5. The fraction of sp³-hybridized carbons (Fsp3) is 0.350. The van der Waals surface area contributed by atoms with Gasteiger partial charge in [-0.15, -0.1) is 0 Å². The largest absolute Gasteiger partial charge is 0.502 e. The number of carbonyl (C=O) groups is 1. The molecule has 0 spiro atoms. The van der Waals surface area contributed by atoms with Gasteiger partial charge in [0.1, 0.15) is 11.7 Å². The summed E-state index contributed by atoms with van der Waals surface area (Å²) < 4.78 is 32.4. The number of carbonyl (C=O) groups excluding carboxylic acids is 1. The van der Waals surface area contributed by atoms with Gasteiger partial charge in [0, 0.05) is 0 Å². The van der Waals surface area contributed by atoms with Crippen LogP contribution in [0.1, 0.15) is 28.4 Å². The maximum Gasteiger partial charge on any atom is 0.211 e. The number of hydrogen-bond acceptors (Lipinski definition) is 8. The van der Waals surface area contributed by atoms with E-state index in [0.717, 1.165) is 0 Å². The van der Waals surface area contributed by atoms with Gasteiger partial charge in [0.05, 0.1) is 42.0 Å². The van der Waals surface area contributed by atoms with Gasteiger partial charge in [-0.05, 0) is 17.7 Å². The first kappa shape index (κ1) is 19.5. The molecule has 1 aliphatic rings. The first-order valence-electron chi connectivity index (χ1n) is 8.47. The zero-order chi connectivity index (χ0) is 20.4. The van der Waals surface area contributed by atoms with Crippen LogP contribution in [0.4, 0.5) is 0 Å². The highest BCUT2D eigenvalue weighted by molar-refractivity contribution is 6.05. The fourth-order valence-electron chi connectivity index (χ4n) is 3.28. The van der Waals surface area contributed by atoms with E-state index in [1.807, 2.05) is 0 Å².